The fourth-order valence-corrected chi connectivity index (χ4v) is 1.94. The number of benzene rings is 1. The minimum atomic E-state index is 0.557. The van der Waals surface area contributed by atoms with Gasteiger partial charge in [0.05, 0.1) is 19.8 Å². The molecule has 16 heavy (non-hydrogen) atoms. The fraction of sp³-hybridized carbons (Fsp3) is 0.333. The lowest BCUT2D eigenvalue weighted by Crippen LogP contribution is -2.02. The van der Waals surface area contributed by atoms with Crippen LogP contribution in [0, 0.1) is 0 Å². The summed E-state index contributed by atoms with van der Waals surface area (Å²) in [5.41, 5.74) is 7.34. The quantitative estimate of drug-likeness (QED) is 0.905. The maximum absolute atomic E-state index is 5.53. The molecule has 0 saturated heterocycles. The Morgan fingerprint density at radius 2 is 1.81 bits per heavy atom. The first-order valence-corrected chi connectivity index (χ1v) is 5.73. The van der Waals surface area contributed by atoms with Crippen molar-refractivity contribution in [3.05, 3.63) is 28.7 Å². The first-order valence-electron chi connectivity index (χ1n) is 4.93. The molecule has 0 aliphatic rings. The molecule has 0 heterocycles. The molecule has 0 aliphatic heterocycles. The minimum absolute atomic E-state index is 0.557. The Labute approximate surface area is 104 Å². The van der Waals surface area contributed by atoms with Gasteiger partial charge in [0.25, 0.3) is 0 Å². The van der Waals surface area contributed by atoms with Gasteiger partial charge in [0.2, 0.25) is 0 Å². The maximum atomic E-state index is 5.53. The van der Waals surface area contributed by atoms with E-state index in [0.717, 1.165) is 27.1 Å². The average molecular weight is 286 g/mol. The molecule has 0 aromatic heterocycles. The Bertz CT molecular complexity index is 366. The normalized spacial score (nSPS) is 10.0. The van der Waals surface area contributed by atoms with Crippen LogP contribution in [0.3, 0.4) is 0 Å². The summed E-state index contributed by atoms with van der Waals surface area (Å²) in [6, 6.07) is 3.78. The summed E-state index contributed by atoms with van der Waals surface area (Å²) in [6.07, 6.45) is 0.717. The van der Waals surface area contributed by atoms with Crippen molar-refractivity contribution in [3.63, 3.8) is 0 Å². The molecule has 0 radical (unpaired) electrons. The predicted octanol–water partition coefficient (Wildman–Crippen LogP) is 2.83. The van der Waals surface area contributed by atoms with Crippen LogP contribution in [-0.4, -0.2) is 20.8 Å². The zero-order chi connectivity index (χ0) is 12.1. The van der Waals surface area contributed by atoms with Crippen molar-refractivity contribution < 1.29 is 9.47 Å². The lowest BCUT2D eigenvalue weighted by atomic mass is 10.0. The van der Waals surface area contributed by atoms with Gasteiger partial charge >= 0.3 is 0 Å². The Morgan fingerprint density at radius 1 is 1.31 bits per heavy atom. The SMILES string of the molecule is C=C(CCN)c1c(OC)cc(Br)cc1OC. The lowest BCUT2D eigenvalue weighted by Gasteiger charge is -2.15. The van der Waals surface area contributed by atoms with Crippen molar-refractivity contribution in [3.8, 4) is 11.5 Å². The molecular weight excluding hydrogens is 270 g/mol. The zero-order valence-corrected chi connectivity index (χ0v) is 11.1. The van der Waals surface area contributed by atoms with Crippen molar-refractivity contribution in [1.82, 2.24) is 0 Å². The third-order valence-corrected chi connectivity index (χ3v) is 2.73. The Morgan fingerprint density at radius 3 is 2.19 bits per heavy atom. The summed E-state index contributed by atoms with van der Waals surface area (Å²) in [7, 11) is 3.25. The van der Waals surface area contributed by atoms with Gasteiger partial charge in [-0.15, -0.1) is 0 Å². The molecule has 0 fully saturated rings. The summed E-state index contributed by atoms with van der Waals surface area (Å²) in [6.45, 7) is 4.56. The van der Waals surface area contributed by atoms with Crippen LogP contribution in [0.1, 0.15) is 12.0 Å². The van der Waals surface area contributed by atoms with E-state index < -0.39 is 0 Å². The monoisotopic (exact) mass is 285 g/mol. The van der Waals surface area contributed by atoms with Crippen LogP contribution >= 0.6 is 15.9 Å². The van der Waals surface area contributed by atoms with Gasteiger partial charge in [0.15, 0.2) is 0 Å². The number of nitrogens with two attached hydrogens (primary N) is 1. The second-order valence-electron chi connectivity index (χ2n) is 3.33. The van der Waals surface area contributed by atoms with Gasteiger partial charge in [-0.3, -0.25) is 0 Å². The summed E-state index contributed by atoms with van der Waals surface area (Å²) in [4.78, 5) is 0. The van der Waals surface area contributed by atoms with Crippen LogP contribution in [0.15, 0.2) is 23.2 Å². The number of halogens is 1. The number of rotatable bonds is 5. The molecule has 2 N–H and O–H groups in total. The molecule has 1 rings (SSSR count). The third kappa shape index (κ3) is 2.77. The van der Waals surface area contributed by atoms with Gasteiger partial charge in [-0.25, -0.2) is 0 Å². The van der Waals surface area contributed by atoms with Crippen LogP contribution in [0.25, 0.3) is 5.57 Å². The van der Waals surface area contributed by atoms with E-state index in [0.29, 0.717) is 13.0 Å². The highest BCUT2D eigenvalue weighted by atomic mass is 79.9. The Kier molecular flexibility index (Phi) is 4.83. The predicted molar refractivity (Wildman–Crippen MR) is 70.0 cm³/mol. The van der Waals surface area contributed by atoms with E-state index in [9.17, 15) is 0 Å². The number of hydrogen-bond acceptors (Lipinski definition) is 3. The molecule has 1 aromatic carbocycles. The molecule has 0 spiro atoms. The van der Waals surface area contributed by atoms with Gasteiger partial charge in [-0.05, 0) is 30.7 Å². The van der Waals surface area contributed by atoms with Gasteiger partial charge in [-0.2, -0.15) is 0 Å². The van der Waals surface area contributed by atoms with Crippen LogP contribution in [0.5, 0.6) is 11.5 Å². The average Bonchev–Trinajstić information content (AvgIpc) is 2.27. The molecule has 0 saturated carbocycles. The van der Waals surface area contributed by atoms with Crippen LogP contribution in [0.4, 0.5) is 0 Å². The summed E-state index contributed by atoms with van der Waals surface area (Å²) >= 11 is 3.40. The third-order valence-electron chi connectivity index (χ3n) is 2.27. The first-order chi connectivity index (χ1) is 7.63. The first kappa shape index (κ1) is 13.1. The number of hydrogen-bond donors (Lipinski definition) is 1. The highest BCUT2D eigenvalue weighted by Crippen LogP contribution is 2.38. The van der Waals surface area contributed by atoms with E-state index in [1.807, 2.05) is 12.1 Å². The fourth-order valence-electron chi connectivity index (χ4n) is 1.53. The van der Waals surface area contributed by atoms with Crippen molar-refractivity contribution in [1.29, 1.82) is 0 Å². The molecule has 0 atom stereocenters. The van der Waals surface area contributed by atoms with Gasteiger partial charge < -0.3 is 15.2 Å². The zero-order valence-electron chi connectivity index (χ0n) is 9.55. The molecule has 0 aliphatic carbocycles. The van der Waals surface area contributed by atoms with Crippen molar-refractivity contribution >= 4 is 21.5 Å². The molecule has 88 valence electrons. The molecule has 1 aromatic rings. The topological polar surface area (TPSA) is 44.5 Å². The maximum Gasteiger partial charge on any atom is 0.131 e. The van der Waals surface area contributed by atoms with E-state index >= 15 is 0 Å². The van der Waals surface area contributed by atoms with Crippen LogP contribution in [-0.2, 0) is 0 Å². The lowest BCUT2D eigenvalue weighted by molar-refractivity contribution is 0.391. The van der Waals surface area contributed by atoms with E-state index in [1.54, 1.807) is 14.2 Å². The molecule has 0 bridgehead atoms. The van der Waals surface area contributed by atoms with Crippen molar-refractivity contribution in [2.24, 2.45) is 5.73 Å². The van der Waals surface area contributed by atoms with Gasteiger partial charge in [0, 0.05) is 4.47 Å². The Balaban J connectivity index is 3.27. The van der Waals surface area contributed by atoms with E-state index in [4.69, 9.17) is 15.2 Å². The summed E-state index contributed by atoms with van der Waals surface area (Å²) in [5.74, 6) is 1.48. The number of ether oxygens (including phenoxy) is 2. The highest BCUT2D eigenvalue weighted by Gasteiger charge is 2.14. The summed E-state index contributed by atoms with van der Waals surface area (Å²) in [5, 5.41) is 0. The molecule has 3 nitrogen and oxygen atoms in total. The standard InChI is InChI=1S/C12H16BrNO2/c1-8(4-5-14)12-10(15-2)6-9(13)7-11(12)16-3/h6-7H,1,4-5,14H2,2-3H3. The largest absolute Gasteiger partial charge is 0.496 e. The molecule has 0 unspecified atom stereocenters. The van der Waals surface area contributed by atoms with Crippen LogP contribution < -0.4 is 15.2 Å². The molecular formula is C12H16BrNO2. The Hall–Kier alpha value is -1.00. The highest BCUT2D eigenvalue weighted by molar-refractivity contribution is 9.10. The minimum Gasteiger partial charge on any atom is -0.496 e. The van der Waals surface area contributed by atoms with Gasteiger partial charge in [0.1, 0.15) is 11.5 Å². The second-order valence-corrected chi connectivity index (χ2v) is 4.24. The summed E-state index contributed by atoms with van der Waals surface area (Å²) < 4.78 is 11.6. The second kappa shape index (κ2) is 5.92. The van der Waals surface area contributed by atoms with E-state index in [1.165, 1.54) is 0 Å². The van der Waals surface area contributed by atoms with E-state index in [-0.39, 0.29) is 0 Å². The smallest absolute Gasteiger partial charge is 0.131 e. The van der Waals surface area contributed by atoms with Crippen molar-refractivity contribution in [2.75, 3.05) is 20.8 Å². The van der Waals surface area contributed by atoms with E-state index in [2.05, 4.69) is 22.5 Å². The molecule has 0 amide bonds. The molecule has 4 heteroatoms. The van der Waals surface area contributed by atoms with Crippen molar-refractivity contribution in [2.45, 2.75) is 6.42 Å². The number of methoxy groups -OCH3 is 2. The van der Waals surface area contributed by atoms with Gasteiger partial charge in [-0.1, -0.05) is 22.5 Å². The van der Waals surface area contributed by atoms with Crippen LogP contribution in [0.2, 0.25) is 0 Å².